The number of hydrogen-bond donors (Lipinski definition) is 0. The fourth-order valence-corrected chi connectivity index (χ4v) is 4.49. The molecule has 0 amide bonds. The van der Waals surface area contributed by atoms with Gasteiger partial charge in [-0.3, -0.25) is 19.2 Å². The third-order valence-electron chi connectivity index (χ3n) is 6.01. The van der Waals surface area contributed by atoms with Crippen molar-refractivity contribution in [3.63, 3.8) is 0 Å². The molecule has 0 saturated carbocycles. The number of carbonyl (C=O) groups excluding carboxylic acids is 5. The van der Waals surface area contributed by atoms with E-state index in [0.717, 1.165) is 13.8 Å². The number of ether oxygens (including phenoxy) is 7. The Morgan fingerprint density at radius 3 is 1.81 bits per heavy atom. The molecule has 12 heteroatoms. The summed E-state index contributed by atoms with van der Waals surface area (Å²) in [5, 5.41) is 0. The molecule has 0 N–H and O–H groups in total. The lowest BCUT2D eigenvalue weighted by molar-refractivity contribution is -0.133. The fraction of sp³-hybridized carbons (Fsp3) is 0.258. The number of esters is 5. The quantitative estimate of drug-likeness (QED) is 0.271. The van der Waals surface area contributed by atoms with Gasteiger partial charge in [0.15, 0.2) is 17.6 Å². The number of fused-ring (bicyclic) bond motifs is 1. The van der Waals surface area contributed by atoms with E-state index in [1.807, 2.05) is 6.07 Å². The normalized spacial score (nSPS) is 15.2. The molecule has 1 aliphatic rings. The Morgan fingerprint density at radius 2 is 1.28 bits per heavy atom. The lowest BCUT2D eigenvalue weighted by atomic mass is 9.93. The predicted octanol–water partition coefficient (Wildman–Crippen LogP) is 4.30. The molecule has 3 aromatic rings. The van der Waals surface area contributed by atoms with Gasteiger partial charge in [0.1, 0.15) is 23.4 Å². The van der Waals surface area contributed by atoms with E-state index in [9.17, 15) is 24.0 Å². The van der Waals surface area contributed by atoms with Crippen molar-refractivity contribution in [1.82, 2.24) is 0 Å². The molecule has 4 rings (SSSR count). The van der Waals surface area contributed by atoms with Gasteiger partial charge < -0.3 is 33.2 Å². The van der Waals surface area contributed by atoms with Crippen molar-refractivity contribution in [2.75, 3.05) is 7.11 Å². The topological polar surface area (TPSA) is 150 Å². The highest BCUT2D eigenvalue weighted by molar-refractivity contribution is 5.92. The lowest BCUT2D eigenvalue weighted by Crippen LogP contribution is -2.35. The van der Waals surface area contributed by atoms with Crippen molar-refractivity contribution in [2.24, 2.45) is 0 Å². The third-order valence-corrected chi connectivity index (χ3v) is 6.01. The molecule has 12 nitrogen and oxygen atoms in total. The van der Waals surface area contributed by atoms with Gasteiger partial charge in [-0.1, -0.05) is 30.3 Å². The maximum Gasteiger partial charge on any atom is 0.338 e. The van der Waals surface area contributed by atoms with Gasteiger partial charge in [-0.2, -0.15) is 0 Å². The minimum absolute atomic E-state index is 0.0351. The molecule has 0 radical (unpaired) electrons. The Balaban J connectivity index is 1.77. The van der Waals surface area contributed by atoms with E-state index in [1.165, 1.54) is 45.2 Å². The smallest absolute Gasteiger partial charge is 0.338 e. The molecule has 0 unspecified atom stereocenters. The first-order valence-corrected chi connectivity index (χ1v) is 13.0. The maximum absolute atomic E-state index is 13.6. The minimum Gasteiger partial charge on any atom is -0.490 e. The zero-order chi connectivity index (χ0) is 31.3. The van der Waals surface area contributed by atoms with Crippen molar-refractivity contribution in [3.8, 4) is 34.5 Å². The molecular formula is C31H28O12. The average molecular weight is 593 g/mol. The van der Waals surface area contributed by atoms with E-state index >= 15 is 0 Å². The van der Waals surface area contributed by atoms with Crippen LogP contribution in [0.5, 0.6) is 34.5 Å². The molecule has 0 aromatic heterocycles. The van der Waals surface area contributed by atoms with E-state index in [4.69, 9.17) is 33.2 Å². The van der Waals surface area contributed by atoms with E-state index in [-0.39, 0.29) is 46.5 Å². The highest BCUT2D eigenvalue weighted by Crippen LogP contribution is 2.44. The maximum atomic E-state index is 13.6. The third kappa shape index (κ3) is 7.47. The van der Waals surface area contributed by atoms with Crippen LogP contribution in [0.25, 0.3) is 0 Å². The number of carbonyl (C=O) groups is 5. The summed E-state index contributed by atoms with van der Waals surface area (Å²) in [6.07, 6.45) is -1.77. The molecule has 0 spiro atoms. The average Bonchev–Trinajstić information content (AvgIpc) is 2.92. The van der Waals surface area contributed by atoms with Crippen molar-refractivity contribution in [3.05, 3.63) is 71.3 Å². The van der Waals surface area contributed by atoms with E-state index in [2.05, 4.69) is 0 Å². The van der Waals surface area contributed by atoms with Crippen LogP contribution in [0, 0.1) is 0 Å². The summed E-state index contributed by atoms with van der Waals surface area (Å²) in [6, 6.07) is 14.2. The fourth-order valence-electron chi connectivity index (χ4n) is 4.49. The first kappa shape index (κ1) is 30.6. The van der Waals surface area contributed by atoms with Gasteiger partial charge >= 0.3 is 29.8 Å². The van der Waals surface area contributed by atoms with Gasteiger partial charge in [0.25, 0.3) is 0 Å². The predicted molar refractivity (Wildman–Crippen MR) is 147 cm³/mol. The zero-order valence-corrected chi connectivity index (χ0v) is 24.0. The Bertz CT molecular complexity index is 1540. The molecule has 0 fully saturated rings. The Kier molecular flexibility index (Phi) is 9.29. The van der Waals surface area contributed by atoms with Crippen LogP contribution in [0.4, 0.5) is 0 Å². The van der Waals surface area contributed by atoms with Gasteiger partial charge in [-0.05, 0) is 17.7 Å². The summed E-state index contributed by atoms with van der Waals surface area (Å²) in [7, 11) is 1.28. The van der Waals surface area contributed by atoms with Gasteiger partial charge in [0.2, 0.25) is 5.75 Å². The number of methoxy groups -OCH3 is 1. The molecular weight excluding hydrogens is 564 g/mol. The van der Waals surface area contributed by atoms with E-state index in [0.29, 0.717) is 11.1 Å². The summed E-state index contributed by atoms with van der Waals surface area (Å²) < 4.78 is 38.5. The highest BCUT2D eigenvalue weighted by atomic mass is 16.6. The summed E-state index contributed by atoms with van der Waals surface area (Å²) in [5.74, 6) is -3.48. The van der Waals surface area contributed by atoms with E-state index < -0.39 is 42.1 Å². The van der Waals surface area contributed by atoms with Crippen LogP contribution in [0.2, 0.25) is 0 Å². The van der Waals surface area contributed by atoms with Crippen LogP contribution < -0.4 is 28.4 Å². The second-order valence-electron chi connectivity index (χ2n) is 9.38. The zero-order valence-electron chi connectivity index (χ0n) is 24.0. The summed E-state index contributed by atoms with van der Waals surface area (Å²) in [4.78, 5) is 60.6. The van der Waals surface area contributed by atoms with Gasteiger partial charge in [-0.15, -0.1) is 0 Å². The van der Waals surface area contributed by atoms with Crippen molar-refractivity contribution >= 4 is 29.8 Å². The van der Waals surface area contributed by atoms with Gasteiger partial charge in [-0.25, -0.2) is 4.79 Å². The van der Waals surface area contributed by atoms with Crippen LogP contribution in [-0.4, -0.2) is 43.1 Å². The molecule has 43 heavy (non-hydrogen) atoms. The van der Waals surface area contributed by atoms with Gasteiger partial charge in [0.05, 0.1) is 12.7 Å². The Morgan fingerprint density at radius 1 is 0.721 bits per heavy atom. The molecule has 1 heterocycles. The molecule has 1 aliphatic heterocycles. The first-order valence-electron chi connectivity index (χ1n) is 13.0. The molecule has 3 aromatic carbocycles. The van der Waals surface area contributed by atoms with E-state index in [1.54, 1.807) is 24.3 Å². The second kappa shape index (κ2) is 13.1. The Hall–Kier alpha value is -5.39. The molecule has 0 aliphatic carbocycles. The molecule has 224 valence electrons. The largest absolute Gasteiger partial charge is 0.490 e. The monoisotopic (exact) mass is 592 g/mol. The van der Waals surface area contributed by atoms with Crippen molar-refractivity contribution in [2.45, 2.75) is 46.3 Å². The minimum atomic E-state index is -0.965. The van der Waals surface area contributed by atoms with Crippen LogP contribution in [0.1, 0.15) is 55.3 Å². The Labute approximate surface area is 246 Å². The van der Waals surface area contributed by atoms with Crippen molar-refractivity contribution < 1.29 is 57.1 Å². The number of benzene rings is 3. The molecule has 0 saturated heterocycles. The van der Waals surface area contributed by atoms with Crippen LogP contribution in [0.3, 0.4) is 0 Å². The van der Waals surface area contributed by atoms with Crippen molar-refractivity contribution in [1.29, 1.82) is 0 Å². The SMILES string of the molecule is COc1c(OC(C)=O)cc(C(=O)O[C@@H]2Cc3c(OC(C)=O)cc(OC(C)=O)cc3O[C@@H]2c2ccccc2)cc1OC(C)=O. The molecule has 2 atom stereocenters. The standard InChI is InChI=1S/C31H28O12/c1-16(32)38-22-13-24(39-17(2)33)23-15-28(29(42-25(23)14-22)20-9-7-6-8-10-20)43-31(36)21-11-26(40-18(3)34)30(37-5)27(12-21)41-19(4)35/h6-14,28-29H,15H2,1-5H3/t28-,29-/m1/s1. The first-order chi connectivity index (χ1) is 20.4. The molecule has 0 bridgehead atoms. The van der Waals surface area contributed by atoms with Crippen LogP contribution in [-0.2, 0) is 30.3 Å². The van der Waals surface area contributed by atoms with Crippen LogP contribution >= 0.6 is 0 Å². The highest BCUT2D eigenvalue weighted by Gasteiger charge is 2.37. The van der Waals surface area contributed by atoms with Crippen LogP contribution in [0.15, 0.2) is 54.6 Å². The summed E-state index contributed by atoms with van der Waals surface area (Å²) >= 11 is 0. The number of hydrogen-bond acceptors (Lipinski definition) is 12. The number of rotatable bonds is 8. The van der Waals surface area contributed by atoms with Gasteiger partial charge in [0, 0.05) is 51.8 Å². The lowest BCUT2D eigenvalue weighted by Gasteiger charge is -2.34. The second-order valence-corrected chi connectivity index (χ2v) is 9.38. The summed E-state index contributed by atoms with van der Waals surface area (Å²) in [5.41, 5.74) is 0.942. The summed E-state index contributed by atoms with van der Waals surface area (Å²) in [6.45, 7) is 4.76.